The number of hydrogen-bond donors (Lipinski definition) is 0. The summed E-state index contributed by atoms with van der Waals surface area (Å²) >= 11 is 2.46. The number of halogens is 1. The summed E-state index contributed by atoms with van der Waals surface area (Å²) in [5.41, 5.74) is 1.07. The first-order valence-electron chi connectivity index (χ1n) is 13.1. The van der Waals surface area contributed by atoms with Crippen molar-refractivity contribution in [3.63, 3.8) is 0 Å². The summed E-state index contributed by atoms with van der Waals surface area (Å²) in [7, 11) is 0. The number of Topliss-reactive ketones (excluding diaryl/α,β-unsaturated/α-hetero) is 1. The van der Waals surface area contributed by atoms with Gasteiger partial charge in [-0.15, -0.1) is 0 Å². The van der Waals surface area contributed by atoms with E-state index in [-0.39, 0.29) is 3.92 Å². The zero-order valence-electron chi connectivity index (χ0n) is 19.4. The van der Waals surface area contributed by atoms with Gasteiger partial charge >= 0.3 is 0 Å². The Morgan fingerprint density at radius 3 is 2.41 bits per heavy atom. The molecule has 0 aliphatic heterocycles. The summed E-state index contributed by atoms with van der Waals surface area (Å²) in [5.74, 6) is 5.07. The van der Waals surface area contributed by atoms with Gasteiger partial charge in [-0.1, -0.05) is 81.9 Å². The number of fused-ring (bicyclic) bond motifs is 5. The lowest BCUT2D eigenvalue weighted by Gasteiger charge is -2.60. The first-order chi connectivity index (χ1) is 13.9. The van der Waals surface area contributed by atoms with Gasteiger partial charge in [0.1, 0.15) is 5.78 Å². The van der Waals surface area contributed by atoms with Crippen LogP contribution in [0.15, 0.2) is 0 Å². The highest BCUT2D eigenvalue weighted by atomic mass is 127. The van der Waals surface area contributed by atoms with Crippen molar-refractivity contribution in [2.75, 3.05) is 0 Å². The summed E-state index contributed by atoms with van der Waals surface area (Å²) in [6, 6.07) is 0. The molecule has 4 aliphatic carbocycles. The van der Waals surface area contributed by atoms with Crippen LogP contribution in [0.25, 0.3) is 0 Å². The molecule has 0 heterocycles. The van der Waals surface area contributed by atoms with Crippen LogP contribution >= 0.6 is 22.6 Å². The van der Waals surface area contributed by atoms with Gasteiger partial charge in [-0.25, -0.2) is 0 Å². The molecule has 0 spiro atoms. The van der Waals surface area contributed by atoms with E-state index in [4.69, 9.17) is 0 Å². The molecule has 0 amide bonds. The maximum Gasteiger partial charge on any atom is 0.145 e. The van der Waals surface area contributed by atoms with Crippen molar-refractivity contribution in [2.45, 2.75) is 121 Å². The molecular formula is C27H45IO. The summed E-state index contributed by atoms with van der Waals surface area (Å²) in [5, 5.41) is 0. The average Bonchev–Trinajstić information content (AvgIpc) is 3.02. The molecule has 1 nitrogen and oxygen atoms in total. The number of ketones is 1. The Kier molecular flexibility index (Phi) is 7.09. The van der Waals surface area contributed by atoms with Crippen molar-refractivity contribution in [1.29, 1.82) is 0 Å². The molecule has 0 bridgehead atoms. The largest absolute Gasteiger partial charge is 0.299 e. The molecule has 166 valence electrons. The smallest absolute Gasteiger partial charge is 0.145 e. The van der Waals surface area contributed by atoms with Gasteiger partial charge in [0.25, 0.3) is 0 Å². The molecule has 4 saturated carbocycles. The van der Waals surface area contributed by atoms with E-state index in [0.717, 1.165) is 30.1 Å². The Hall–Kier alpha value is 0.400. The van der Waals surface area contributed by atoms with E-state index in [9.17, 15) is 4.79 Å². The highest BCUT2D eigenvalue weighted by Crippen LogP contribution is 2.68. The van der Waals surface area contributed by atoms with E-state index in [1.165, 1.54) is 89.9 Å². The molecule has 0 saturated heterocycles. The molecule has 0 aromatic heterocycles. The van der Waals surface area contributed by atoms with Crippen LogP contribution in [0.5, 0.6) is 0 Å². The van der Waals surface area contributed by atoms with Crippen molar-refractivity contribution >= 4 is 28.4 Å². The molecule has 8 atom stereocenters. The topological polar surface area (TPSA) is 17.1 Å². The van der Waals surface area contributed by atoms with Crippen LogP contribution in [-0.4, -0.2) is 9.71 Å². The Bertz CT molecular complexity index is 587. The van der Waals surface area contributed by atoms with Crippen molar-refractivity contribution in [1.82, 2.24) is 0 Å². The number of carbonyl (C=O) groups is 1. The molecule has 29 heavy (non-hydrogen) atoms. The van der Waals surface area contributed by atoms with E-state index < -0.39 is 0 Å². The Labute approximate surface area is 194 Å². The predicted molar refractivity (Wildman–Crippen MR) is 131 cm³/mol. The van der Waals surface area contributed by atoms with Crippen molar-refractivity contribution in [3.05, 3.63) is 0 Å². The zero-order valence-corrected chi connectivity index (χ0v) is 21.5. The fourth-order valence-electron chi connectivity index (χ4n) is 8.81. The molecule has 4 aliphatic rings. The molecule has 0 radical (unpaired) electrons. The SMILES string of the molecule is CCCCCCCCC1CC[C@H]2[C@@H]3CC[C@H]4CC(=O)[C@H](I)C[C@]4(C)[C@H]3CC[C@]12C. The van der Waals surface area contributed by atoms with Crippen LogP contribution in [0.1, 0.15) is 117 Å². The second kappa shape index (κ2) is 9.10. The van der Waals surface area contributed by atoms with Crippen LogP contribution in [0, 0.1) is 40.4 Å². The fourth-order valence-corrected chi connectivity index (χ4v) is 10.0. The van der Waals surface area contributed by atoms with Gasteiger partial charge in [0.2, 0.25) is 0 Å². The number of hydrogen-bond acceptors (Lipinski definition) is 1. The van der Waals surface area contributed by atoms with Crippen LogP contribution in [0.2, 0.25) is 0 Å². The minimum Gasteiger partial charge on any atom is -0.299 e. The van der Waals surface area contributed by atoms with Gasteiger partial charge in [0.15, 0.2) is 0 Å². The van der Waals surface area contributed by atoms with Gasteiger partial charge in [-0.3, -0.25) is 4.79 Å². The van der Waals surface area contributed by atoms with Gasteiger partial charge in [0, 0.05) is 6.42 Å². The van der Waals surface area contributed by atoms with Crippen LogP contribution in [-0.2, 0) is 4.79 Å². The predicted octanol–water partition coefficient (Wildman–Crippen LogP) is 8.38. The first-order valence-corrected chi connectivity index (χ1v) is 14.3. The van der Waals surface area contributed by atoms with Crippen molar-refractivity contribution in [3.8, 4) is 0 Å². The summed E-state index contributed by atoms with van der Waals surface area (Å²) < 4.78 is 0.282. The van der Waals surface area contributed by atoms with Crippen molar-refractivity contribution in [2.24, 2.45) is 40.4 Å². The third-order valence-corrected chi connectivity index (χ3v) is 11.7. The maximum absolute atomic E-state index is 12.4. The molecular weight excluding hydrogens is 467 g/mol. The lowest BCUT2D eigenvalue weighted by atomic mass is 9.44. The lowest BCUT2D eigenvalue weighted by Crippen LogP contribution is -2.55. The highest BCUT2D eigenvalue weighted by molar-refractivity contribution is 14.1. The average molecular weight is 513 g/mol. The highest BCUT2D eigenvalue weighted by Gasteiger charge is 2.60. The molecule has 4 rings (SSSR count). The number of carbonyl (C=O) groups excluding carboxylic acids is 1. The molecule has 0 aromatic carbocycles. The van der Waals surface area contributed by atoms with E-state index in [1.807, 2.05) is 0 Å². The van der Waals surface area contributed by atoms with E-state index in [1.54, 1.807) is 0 Å². The van der Waals surface area contributed by atoms with Gasteiger partial charge in [-0.05, 0) is 91.8 Å². The van der Waals surface area contributed by atoms with E-state index in [0.29, 0.717) is 22.5 Å². The molecule has 1 unspecified atom stereocenters. The maximum atomic E-state index is 12.4. The Morgan fingerprint density at radius 1 is 0.897 bits per heavy atom. The van der Waals surface area contributed by atoms with E-state index in [2.05, 4.69) is 43.4 Å². The summed E-state index contributed by atoms with van der Waals surface area (Å²) in [6.07, 6.45) is 20.9. The number of unbranched alkanes of at least 4 members (excludes halogenated alkanes) is 5. The van der Waals surface area contributed by atoms with Gasteiger partial charge < -0.3 is 0 Å². The lowest BCUT2D eigenvalue weighted by molar-refractivity contribution is -0.137. The first kappa shape index (κ1) is 22.6. The van der Waals surface area contributed by atoms with Gasteiger partial charge in [0.05, 0.1) is 3.92 Å². The minimum atomic E-state index is 0.282. The van der Waals surface area contributed by atoms with Crippen LogP contribution < -0.4 is 0 Å². The van der Waals surface area contributed by atoms with Crippen molar-refractivity contribution < 1.29 is 4.79 Å². The second-order valence-electron chi connectivity index (χ2n) is 11.9. The third-order valence-electron chi connectivity index (χ3n) is 10.6. The second-order valence-corrected chi connectivity index (χ2v) is 13.4. The normalized spacial score (nSPS) is 46.8. The Morgan fingerprint density at radius 2 is 1.62 bits per heavy atom. The van der Waals surface area contributed by atoms with Crippen LogP contribution in [0.4, 0.5) is 0 Å². The fraction of sp³-hybridized carbons (Fsp3) is 0.963. The molecule has 0 aromatic rings. The minimum absolute atomic E-state index is 0.282. The quantitative estimate of drug-likeness (QED) is 0.190. The molecule has 0 N–H and O–H groups in total. The zero-order chi connectivity index (χ0) is 20.6. The summed E-state index contributed by atoms with van der Waals surface area (Å²) in [4.78, 5) is 12.4. The van der Waals surface area contributed by atoms with Gasteiger partial charge in [-0.2, -0.15) is 0 Å². The number of rotatable bonds is 7. The van der Waals surface area contributed by atoms with Crippen LogP contribution in [0.3, 0.4) is 0 Å². The monoisotopic (exact) mass is 512 g/mol. The van der Waals surface area contributed by atoms with E-state index >= 15 is 0 Å². The standard InChI is InChI=1S/C27H45IO/c1-4-5-6-7-8-9-10-19-12-14-22-21-13-11-20-17-25(29)24(28)18-27(20,3)23(21)15-16-26(19,22)2/h19-24H,4-18H2,1-3H3/t19?,20-,21-,22-,23-,24+,26+,27-/m0/s1. The number of alkyl halides is 1. The Balaban J connectivity index is 1.39. The summed E-state index contributed by atoms with van der Waals surface area (Å²) in [6.45, 7) is 7.61. The molecule has 2 heteroatoms. The third kappa shape index (κ3) is 4.11. The molecule has 4 fully saturated rings.